The van der Waals surface area contributed by atoms with Crippen LogP contribution in [0.2, 0.25) is 0 Å². The molecule has 0 aromatic carbocycles. The predicted molar refractivity (Wildman–Crippen MR) is 78.6 cm³/mol. The van der Waals surface area contributed by atoms with E-state index in [9.17, 15) is 0 Å². The first-order chi connectivity index (χ1) is 8.56. The monoisotopic (exact) mass is 313 g/mol. The summed E-state index contributed by atoms with van der Waals surface area (Å²) in [5.74, 6) is 0. The van der Waals surface area contributed by atoms with Gasteiger partial charge in [-0.2, -0.15) is 5.10 Å². The zero-order valence-corrected chi connectivity index (χ0v) is 13.3. The maximum absolute atomic E-state index is 4.53. The molecular formula is C14H24BrN3. The van der Waals surface area contributed by atoms with Crippen molar-refractivity contribution < 1.29 is 0 Å². The van der Waals surface area contributed by atoms with Crippen molar-refractivity contribution in [3.63, 3.8) is 0 Å². The Morgan fingerprint density at radius 2 is 2.06 bits per heavy atom. The molecule has 18 heavy (non-hydrogen) atoms. The lowest BCUT2D eigenvalue weighted by Gasteiger charge is -2.23. The summed E-state index contributed by atoms with van der Waals surface area (Å²) in [5, 5.41) is 8.14. The van der Waals surface area contributed by atoms with Crippen LogP contribution in [0.25, 0.3) is 0 Å². The largest absolute Gasteiger partial charge is 0.311 e. The molecule has 1 heterocycles. The average molecular weight is 314 g/mol. The van der Waals surface area contributed by atoms with Crippen LogP contribution < -0.4 is 5.32 Å². The molecular weight excluding hydrogens is 290 g/mol. The third kappa shape index (κ3) is 2.97. The second kappa shape index (κ2) is 5.74. The lowest BCUT2D eigenvalue weighted by atomic mass is 9.89. The van der Waals surface area contributed by atoms with E-state index in [4.69, 9.17) is 0 Å². The van der Waals surface area contributed by atoms with Gasteiger partial charge in [-0.15, -0.1) is 0 Å². The van der Waals surface area contributed by atoms with Crippen molar-refractivity contribution in [1.82, 2.24) is 15.1 Å². The fraction of sp³-hybridized carbons (Fsp3) is 0.786. The van der Waals surface area contributed by atoms with Crippen LogP contribution in [-0.2, 0) is 20.0 Å². The first-order valence-corrected chi connectivity index (χ1v) is 7.76. The Labute approximate surface area is 118 Å². The number of aryl methyl sites for hydroxylation is 2. The minimum atomic E-state index is 0.513. The number of nitrogens with one attached hydrogen (secondary N) is 1. The summed E-state index contributed by atoms with van der Waals surface area (Å²) in [6.45, 7) is 6.57. The molecule has 1 aromatic rings. The number of aromatic nitrogens is 2. The van der Waals surface area contributed by atoms with Crippen LogP contribution in [0.15, 0.2) is 4.47 Å². The molecule has 0 amide bonds. The van der Waals surface area contributed by atoms with Gasteiger partial charge in [-0.25, -0.2) is 0 Å². The molecule has 0 atom stereocenters. The highest BCUT2D eigenvalue weighted by molar-refractivity contribution is 9.10. The minimum Gasteiger partial charge on any atom is -0.311 e. The van der Waals surface area contributed by atoms with Gasteiger partial charge in [0.15, 0.2) is 0 Å². The Kier molecular flexibility index (Phi) is 4.49. The first kappa shape index (κ1) is 14.1. The molecule has 0 unspecified atom stereocenters. The molecule has 1 N–H and O–H groups in total. The first-order valence-electron chi connectivity index (χ1n) is 6.97. The van der Waals surface area contributed by atoms with Crippen LogP contribution in [0.1, 0.15) is 50.9 Å². The Balaban J connectivity index is 1.92. The van der Waals surface area contributed by atoms with E-state index < -0.39 is 0 Å². The molecule has 0 saturated heterocycles. The van der Waals surface area contributed by atoms with Crippen LogP contribution in [0.3, 0.4) is 0 Å². The fourth-order valence-corrected chi connectivity index (χ4v) is 3.66. The molecule has 1 aliphatic carbocycles. The normalized spacial score (nSPS) is 18.4. The molecule has 0 radical (unpaired) electrons. The summed E-state index contributed by atoms with van der Waals surface area (Å²) in [6, 6.07) is 0. The van der Waals surface area contributed by atoms with Crippen LogP contribution in [-0.4, -0.2) is 16.3 Å². The molecule has 0 spiro atoms. The lowest BCUT2D eigenvalue weighted by Crippen LogP contribution is -2.29. The van der Waals surface area contributed by atoms with E-state index in [1.54, 1.807) is 0 Å². The van der Waals surface area contributed by atoms with Gasteiger partial charge in [-0.3, -0.25) is 4.68 Å². The third-order valence-electron chi connectivity index (χ3n) is 4.16. The maximum atomic E-state index is 4.53. The van der Waals surface area contributed by atoms with Crippen LogP contribution in [0.4, 0.5) is 0 Å². The summed E-state index contributed by atoms with van der Waals surface area (Å²) < 4.78 is 3.17. The predicted octanol–water partition coefficient (Wildman–Crippen LogP) is 3.41. The molecule has 102 valence electrons. The van der Waals surface area contributed by atoms with E-state index in [1.165, 1.54) is 35.8 Å². The zero-order chi connectivity index (χ0) is 13.2. The highest BCUT2D eigenvalue weighted by atomic mass is 79.9. The molecule has 4 heteroatoms. The van der Waals surface area contributed by atoms with E-state index in [-0.39, 0.29) is 0 Å². The average Bonchev–Trinajstić information content (AvgIpc) is 2.87. The van der Waals surface area contributed by atoms with Crippen LogP contribution in [0, 0.1) is 5.41 Å². The number of rotatable bonds is 5. The van der Waals surface area contributed by atoms with Gasteiger partial charge in [0.25, 0.3) is 0 Å². The number of halogens is 1. The van der Waals surface area contributed by atoms with Crippen molar-refractivity contribution >= 4 is 15.9 Å². The molecule has 1 aromatic heterocycles. The van der Waals surface area contributed by atoms with Gasteiger partial charge in [0.2, 0.25) is 0 Å². The van der Waals surface area contributed by atoms with Crippen molar-refractivity contribution in [3.05, 3.63) is 15.9 Å². The smallest absolute Gasteiger partial charge is 0.0767 e. The Hall–Kier alpha value is -0.350. The highest BCUT2D eigenvalue weighted by Gasteiger charge is 2.28. The summed E-state index contributed by atoms with van der Waals surface area (Å²) in [5.41, 5.74) is 2.92. The fourth-order valence-electron chi connectivity index (χ4n) is 2.90. The van der Waals surface area contributed by atoms with E-state index >= 15 is 0 Å². The summed E-state index contributed by atoms with van der Waals surface area (Å²) in [7, 11) is 2.03. The van der Waals surface area contributed by atoms with E-state index in [0.29, 0.717) is 5.41 Å². The third-order valence-corrected chi connectivity index (χ3v) is 5.07. The van der Waals surface area contributed by atoms with Gasteiger partial charge >= 0.3 is 0 Å². The van der Waals surface area contributed by atoms with Gasteiger partial charge in [-0.05, 0) is 40.6 Å². The summed E-state index contributed by atoms with van der Waals surface area (Å²) in [4.78, 5) is 0. The van der Waals surface area contributed by atoms with E-state index in [1.807, 2.05) is 11.7 Å². The van der Waals surface area contributed by atoms with E-state index in [0.717, 1.165) is 25.2 Å². The SMILES string of the molecule is CCc1nn(C)c(CNCC2(C)CCCC2)c1Br. The topological polar surface area (TPSA) is 29.9 Å². The molecule has 3 nitrogen and oxygen atoms in total. The number of nitrogens with zero attached hydrogens (tertiary/aromatic N) is 2. The highest BCUT2D eigenvalue weighted by Crippen LogP contribution is 2.36. The van der Waals surface area contributed by atoms with Gasteiger partial charge in [0.1, 0.15) is 0 Å². The van der Waals surface area contributed by atoms with Gasteiger partial charge < -0.3 is 5.32 Å². The van der Waals surface area contributed by atoms with Gasteiger partial charge in [0, 0.05) is 20.1 Å². The van der Waals surface area contributed by atoms with Crippen LogP contribution >= 0.6 is 15.9 Å². The Morgan fingerprint density at radius 3 is 2.61 bits per heavy atom. The van der Waals surface area contributed by atoms with Gasteiger partial charge in [0.05, 0.1) is 15.9 Å². The maximum Gasteiger partial charge on any atom is 0.0767 e. The molecule has 2 rings (SSSR count). The molecule has 1 aliphatic rings. The van der Waals surface area contributed by atoms with Crippen molar-refractivity contribution in [3.8, 4) is 0 Å². The summed E-state index contributed by atoms with van der Waals surface area (Å²) in [6.07, 6.45) is 6.51. The van der Waals surface area contributed by atoms with E-state index in [2.05, 4.69) is 40.2 Å². The Bertz CT molecular complexity index is 405. The number of hydrogen-bond acceptors (Lipinski definition) is 2. The van der Waals surface area contributed by atoms with Crippen LogP contribution in [0.5, 0.6) is 0 Å². The van der Waals surface area contributed by atoms with Crippen molar-refractivity contribution in [2.45, 2.75) is 52.5 Å². The molecule has 0 aliphatic heterocycles. The van der Waals surface area contributed by atoms with Gasteiger partial charge in [-0.1, -0.05) is 26.7 Å². The van der Waals surface area contributed by atoms with Crippen molar-refractivity contribution in [2.24, 2.45) is 12.5 Å². The second-order valence-corrected chi connectivity index (χ2v) is 6.60. The Morgan fingerprint density at radius 1 is 1.39 bits per heavy atom. The second-order valence-electron chi connectivity index (χ2n) is 5.81. The van der Waals surface area contributed by atoms with Crippen molar-refractivity contribution in [2.75, 3.05) is 6.54 Å². The standard InChI is InChI=1S/C14H24BrN3/c1-4-11-13(15)12(18(3)17-11)9-16-10-14(2)7-5-6-8-14/h16H,4-10H2,1-3H3. The number of hydrogen-bond donors (Lipinski definition) is 1. The van der Waals surface area contributed by atoms with Crippen molar-refractivity contribution in [1.29, 1.82) is 0 Å². The minimum absolute atomic E-state index is 0.513. The molecule has 0 bridgehead atoms. The molecule has 1 saturated carbocycles. The summed E-state index contributed by atoms with van der Waals surface area (Å²) >= 11 is 3.67. The lowest BCUT2D eigenvalue weighted by molar-refractivity contribution is 0.313. The quantitative estimate of drug-likeness (QED) is 0.902. The zero-order valence-electron chi connectivity index (χ0n) is 11.7. The molecule has 1 fully saturated rings.